The van der Waals surface area contributed by atoms with Gasteiger partial charge in [-0.2, -0.15) is 0 Å². The number of amides is 2. The average Bonchev–Trinajstić information content (AvgIpc) is 3.08. The number of fused-ring (bicyclic) bond motifs is 3. The van der Waals surface area contributed by atoms with Crippen molar-refractivity contribution in [3.05, 3.63) is 59.7 Å². The maximum atomic E-state index is 12.7. The van der Waals surface area contributed by atoms with E-state index in [1.54, 1.807) is 0 Å². The molecule has 1 saturated heterocycles. The SMILES string of the molecule is CCCC[C@H](CC(=O)N1CCC1C(=O)O)NC(=O)OCC1c2ccccc2-c2ccccc21. The summed E-state index contributed by atoms with van der Waals surface area (Å²) in [6.07, 6.45) is 2.42. The van der Waals surface area contributed by atoms with Gasteiger partial charge in [-0.25, -0.2) is 9.59 Å². The molecule has 1 aliphatic carbocycles. The van der Waals surface area contributed by atoms with Crippen molar-refractivity contribution in [1.82, 2.24) is 10.2 Å². The third-order valence-corrected chi connectivity index (χ3v) is 6.62. The fourth-order valence-corrected chi connectivity index (χ4v) is 4.75. The van der Waals surface area contributed by atoms with Crippen LogP contribution in [0.25, 0.3) is 11.1 Å². The minimum atomic E-state index is -0.982. The van der Waals surface area contributed by atoms with Gasteiger partial charge in [0.15, 0.2) is 0 Å². The summed E-state index contributed by atoms with van der Waals surface area (Å²) in [4.78, 5) is 37.9. The third kappa shape index (κ3) is 4.87. The number of aliphatic carboxylic acids is 1. The van der Waals surface area contributed by atoms with E-state index in [1.807, 2.05) is 31.2 Å². The lowest BCUT2D eigenvalue weighted by molar-refractivity contribution is -0.157. The van der Waals surface area contributed by atoms with Crippen molar-refractivity contribution >= 4 is 18.0 Å². The van der Waals surface area contributed by atoms with E-state index in [1.165, 1.54) is 4.90 Å². The Morgan fingerprint density at radius 3 is 2.27 bits per heavy atom. The van der Waals surface area contributed by atoms with Gasteiger partial charge in [0.25, 0.3) is 0 Å². The number of hydrogen-bond donors (Lipinski definition) is 2. The highest BCUT2D eigenvalue weighted by Gasteiger charge is 2.38. The van der Waals surface area contributed by atoms with E-state index < -0.39 is 18.1 Å². The number of unbranched alkanes of at least 4 members (excludes halogenated alkanes) is 1. The number of carbonyl (C=O) groups is 3. The molecule has 7 heteroatoms. The summed E-state index contributed by atoms with van der Waals surface area (Å²) in [7, 11) is 0. The molecule has 7 nitrogen and oxygen atoms in total. The Balaban J connectivity index is 1.37. The molecule has 0 bridgehead atoms. The molecule has 2 aromatic rings. The lowest BCUT2D eigenvalue weighted by Crippen LogP contribution is -2.56. The van der Waals surface area contributed by atoms with Gasteiger partial charge >= 0.3 is 12.1 Å². The zero-order valence-corrected chi connectivity index (χ0v) is 18.8. The van der Waals surface area contributed by atoms with Crippen LogP contribution in [-0.2, 0) is 14.3 Å². The minimum absolute atomic E-state index is 0.0312. The van der Waals surface area contributed by atoms with Crippen LogP contribution in [0.4, 0.5) is 4.79 Å². The van der Waals surface area contributed by atoms with E-state index in [9.17, 15) is 19.5 Å². The van der Waals surface area contributed by atoms with Gasteiger partial charge in [-0.3, -0.25) is 4.79 Å². The number of likely N-dealkylation sites (tertiary alicyclic amines) is 1. The van der Waals surface area contributed by atoms with E-state index in [-0.39, 0.29) is 30.9 Å². The number of nitrogens with one attached hydrogen (secondary N) is 1. The van der Waals surface area contributed by atoms with Crippen LogP contribution in [0.15, 0.2) is 48.5 Å². The summed E-state index contributed by atoms with van der Waals surface area (Å²) in [5, 5.41) is 12.0. The first-order valence-electron chi connectivity index (χ1n) is 11.6. The van der Waals surface area contributed by atoms with Crippen molar-refractivity contribution < 1.29 is 24.2 Å². The van der Waals surface area contributed by atoms with Gasteiger partial charge in [-0.05, 0) is 35.1 Å². The van der Waals surface area contributed by atoms with Crippen LogP contribution in [0, 0.1) is 0 Å². The van der Waals surface area contributed by atoms with Crippen LogP contribution in [0.2, 0.25) is 0 Å². The number of ether oxygens (including phenoxy) is 1. The lowest BCUT2D eigenvalue weighted by Gasteiger charge is -2.38. The predicted molar refractivity (Wildman–Crippen MR) is 124 cm³/mol. The molecule has 2 amide bonds. The number of benzene rings is 2. The summed E-state index contributed by atoms with van der Waals surface area (Å²) in [5.74, 6) is -1.26. The first-order chi connectivity index (χ1) is 16.0. The molecule has 1 fully saturated rings. The molecule has 4 rings (SSSR count). The van der Waals surface area contributed by atoms with E-state index in [0.29, 0.717) is 19.4 Å². The van der Waals surface area contributed by atoms with Gasteiger partial charge in [-0.1, -0.05) is 68.3 Å². The van der Waals surface area contributed by atoms with Gasteiger partial charge < -0.3 is 20.1 Å². The van der Waals surface area contributed by atoms with Crippen molar-refractivity contribution in [3.8, 4) is 11.1 Å². The quantitative estimate of drug-likeness (QED) is 0.598. The highest BCUT2D eigenvalue weighted by atomic mass is 16.5. The van der Waals surface area contributed by atoms with Gasteiger partial charge in [0.1, 0.15) is 12.6 Å². The number of carboxylic acid groups (broad SMARTS) is 1. The number of nitrogens with zero attached hydrogens (tertiary/aromatic N) is 1. The molecular formula is C26H30N2O5. The fourth-order valence-electron chi connectivity index (χ4n) is 4.75. The summed E-state index contributed by atoms with van der Waals surface area (Å²) in [6, 6.07) is 15.2. The van der Waals surface area contributed by atoms with Crippen LogP contribution in [0.3, 0.4) is 0 Å². The van der Waals surface area contributed by atoms with E-state index in [4.69, 9.17) is 4.74 Å². The van der Waals surface area contributed by atoms with Crippen LogP contribution in [0.1, 0.15) is 56.1 Å². The summed E-state index contributed by atoms with van der Waals surface area (Å²) >= 11 is 0. The Kier molecular flexibility index (Phi) is 6.96. The zero-order valence-electron chi connectivity index (χ0n) is 18.8. The number of carboxylic acids is 1. The molecule has 1 unspecified atom stereocenters. The lowest BCUT2D eigenvalue weighted by atomic mass is 9.98. The Morgan fingerprint density at radius 2 is 1.73 bits per heavy atom. The first-order valence-corrected chi connectivity index (χ1v) is 11.6. The van der Waals surface area contributed by atoms with E-state index in [2.05, 4.69) is 29.6 Å². The number of rotatable bonds is 9. The Morgan fingerprint density at radius 1 is 1.09 bits per heavy atom. The van der Waals surface area contributed by atoms with Crippen molar-refractivity contribution in [2.24, 2.45) is 0 Å². The van der Waals surface area contributed by atoms with Crippen molar-refractivity contribution in [3.63, 3.8) is 0 Å². The van der Waals surface area contributed by atoms with Crippen LogP contribution in [-0.4, -0.2) is 53.2 Å². The highest BCUT2D eigenvalue weighted by molar-refractivity contribution is 5.86. The largest absolute Gasteiger partial charge is 0.480 e. The molecule has 1 heterocycles. The zero-order chi connectivity index (χ0) is 23.4. The van der Waals surface area contributed by atoms with Crippen LogP contribution < -0.4 is 5.32 Å². The van der Waals surface area contributed by atoms with Crippen molar-refractivity contribution in [2.45, 2.75) is 57.0 Å². The second-order valence-electron chi connectivity index (χ2n) is 8.74. The topological polar surface area (TPSA) is 95.9 Å². The van der Waals surface area contributed by atoms with Gasteiger partial charge in [0, 0.05) is 24.9 Å². The maximum Gasteiger partial charge on any atom is 0.407 e. The normalized spacial score (nSPS) is 17.5. The van der Waals surface area contributed by atoms with E-state index in [0.717, 1.165) is 35.1 Å². The van der Waals surface area contributed by atoms with Crippen LogP contribution in [0.5, 0.6) is 0 Å². The molecule has 2 aromatic carbocycles. The highest BCUT2D eigenvalue weighted by Crippen LogP contribution is 2.44. The predicted octanol–water partition coefficient (Wildman–Crippen LogP) is 4.16. The molecule has 1 aliphatic heterocycles. The molecule has 0 saturated carbocycles. The second-order valence-corrected chi connectivity index (χ2v) is 8.74. The second kappa shape index (κ2) is 10.1. The molecule has 33 heavy (non-hydrogen) atoms. The molecular weight excluding hydrogens is 420 g/mol. The Hall–Kier alpha value is -3.35. The maximum absolute atomic E-state index is 12.7. The van der Waals surface area contributed by atoms with Crippen molar-refractivity contribution in [1.29, 1.82) is 0 Å². The molecule has 2 atom stereocenters. The smallest absolute Gasteiger partial charge is 0.407 e. The minimum Gasteiger partial charge on any atom is -0.480 e. The monoisotopic (exact) mass is 450 g/mol. The number of carbonyl (C=O) groups excluding carboxylic acids is 2. The molecule has 0 radical (unpaired) electrons. The molecule has 0 aromatic heterocycles. The van der Waals surface area contributed by atoms with Gasteiger partial charge in [0.2, 0.25) is 5.91 Å². The molecule has 2 aliphatic rings. The summed E-state index contributed by atoms with van der Waals surface area (Å²) < 4.78 is 5.62. The first kappa shape index (κ1) is 22.8. The summed E-state index contributed by atoms with van der Waals surface area (Å²) in [5.41, 5.74) is 4.61. The number of alkyl carbamates (subject to hydrolysis) is 1. The Bertz CT molecular complexity index is 991. The average molecular weight is 451 g/mol. The third-order valence-electron chi connectivity index (χ3n) is 6.62. The molecule has 0 spiro atoms. The fraction of sp³-hybridized carbons (Fsp3) is 0.423. The summed E-state index contributed by atoms with van der Waals surface area (Å²) in [6.45, 7) is 2.70. The number of hydrogen-bond acceptors (Lipinski definition) is 4. The van der Waals surface area contributed by atoms with Crippen LogP contribution >= 0.6 is 0 Å². The molecule has 174 valence electrons. The van der Waals surface area contributed by atoms with E-state index >= 15 is 0 Å². The Labute approximate surface area is 193 Å². The van der Waals surface area contributed by atoms with Crippen molar-refractivity contribution in [2.75, 3.05) is 13.2 Å². The van der Waals surface area contributed by atoms with Gasteiger partial charge in [0.05, 0.1) is 0 Å². The van der Waals surface area contributed by atoms with Gasteiger partial charge in [-0.15, -0.1) is 0 Å². The standard InChI is InChI=1S/C26H30N2O5/c1-2-3-8-17(15-24(29)28-14-13-23(28)25(30)31)27-26(32)33-16-22-20-11-6-4-9-18(20)19-10-5-7-12-21(19)22/h4-7,9-12,17,22-23H,2-3,8,13-16H2,1H3,(H,27,32)(H,30,31)/t17-,23?/m1/s1. The molecule has 2 N–H and O–H groups in total.